The van der Waals surface area contributed by atoms with E-state index in [4.69, 9.17) is 0 Å². The van der Waals surface area contributed by atoms with Crippen LogP contribution in [0.3, 0.4) is 0 Å². The number of aryl methyl sites for hydroxylation is 1. The van der Waals surface area contributed by atoms with Gasteiger partial charge in [0.25, 0.3) is 0 Å². The zero-order chi connectivity index (χ0) is 20.0. The highest BCUT2D eigenvalue weighted by atomic mass is 32.2. The summed E-state index contributed by atoms with van der Waals surface area (Å²) in [6.07, 6.45) is 0. The molecule has 3 N–H and O–H groups in total. The number of anilines is 2. The van der Waals surface area contributed by atoms with Gasteiger partial charge in [0, 0.05) is 11.2 Å². The Kier molecular flexibility index (Phi) is 7.20. The number of nitrogens with zero attached hydrogens (tertiary/aromatic N) is 2. The van der Waals surface area contributed by atoms with Crippen LogP contribution in [0.15, 0.2) is 22.5 Å². The highest BCUT2D eigenvalue weighted by Crippen LogP contribution is 2.27. The minimum atomic E-state index is -0.255. The lowest BCUT2D eigenvalue weighted by Gasteiger charge is -2.18. The summed E-state index contributed by atoms with van der Waals surface area (Å²) in [6, 6.07) is 5.72. The summed E-state index contributed by atoms with van der Waals surface area (Å²) >= 11 is 2.70. The lowest BCUT2D eigenvalue weighted by atomic mass is 10.1. The number of nitrogens with one attached hydrogen (secondary N) is 3. The van der Waals surface area contributed by atoms with Crippen molar-refractivity contribution in [2.75, 3.05) is 22.9 Å². The summed E-state index contributed by atoms with van der Waals surface area (Å²) in [5.74, 6) is -0.299. The van der Waals surface area contributed by atoms with Crippen molar-refractivity contribution in [3.05, 3.63) is 29.3 Å². The third kappa shape index (κ3) is 7.18. The molecule has 2 rings (SSSR count). The average Bonchev–Trinajstić information content (AvgIpc) is 3.00. The molecule has 0 radical (unpaired) electrons. The van der Waals surface area contributed by atoms with Gasteiger partial charge in [-0.25, -0.2) is 0 Å². The number of thioether (sulfide) groups is 1. The molecule has 1 aromatic heterocycles. The first-order chi connectivity index (χ1) is 12.6. The van der Waals surface area contributed by atoms with Crippen molar-refractivity contribution < 1.29 is 9.59 Å². The molecule has 0 aliphatic carbocycles. The van der Waals surface area contributed by atoms with E-state index in [9.17, 15) is 9.59 Å². The van der Waals surface area contributed by atoms with Crippen LogP contribution in [0.1, 0.15) is 31.9 Å². The molecular formula is C18H25N5O2S2. The second-order valence-corrected chi connectivity index (χ2v) is 9.31. The number of carbonyl (C=O) groups excluding carboxylic acids is 2. The summed E-state index contributed by atoms with van der Waals surface area (Å²) in [5, 5.41) is 17.5. The van der Waals surface area contributed by atoms with Gasteiger partial charge in [-0.3, -0.25) is 9.59 Å². The largest absolute Gasteiger partial charge is 0.355 e. The standard InChI is InChI=1S/C18H25N5O2S2/c1-11-7-6-8-13(12(11)2)20-14(24)9-19-15(25)10-26-17-23-22-16(27-17)21-18(3,4)5/h6-8H,9-10H2,1-5H3,(H,19,25)(H,20,24)(H,21,22). The van der Waals surface area contributed by atoms with Gasteiger partial charge in [-0.05, 0) is 51.8 Å². The van der Waals surface area contributed by atoms with E-state index in [0.29, 0.717) is 4.34 Å². The van der Waals surface area contributed by atoms with Gasteiger partial charge < -0.3 is 16.0 Å². The molecule has 2 amide bonds. The molecule has 7 nitrogen and oxygen atoms in total. The maximum Gasteiger partial charge on any atom is 0.243 e. The van der Waals surface area contributed by atoms with Gasteiger partial charge in [-0.2, -0.15) is 0 Å². The summed E-state index contributed by atoms with van der Waals surface area (Å²) in [4.78, 5) is 24.0. The van der Waals surface area contributed by atoms with Crippen LogP contribution < -0.4 is 16.0 Å². The maximum absolute atomic E-state index is 12.0. The first-order valence-electron chi connectivity index (χ1n) is 8.51. The number of hydrogen-bond donors (Lipinski definition) is 3. The van der Waals surface area contributed by atoms with Gasteiger partial charge in [0.15, 0.2) is 4.34 Å². The van der Waals surface area contributed by atoms with Crippen molar-refractivity contribution in [1.82, 2.24) is 15.5 Å². The maximum atomic E-state index is 12.0. The molecule has 9 heteroatoms. The number of rotatable bonds is 7. The van der Waals surface area contributed by atoms with E-state index in [1.165, 1.54) is 23.1 Å². The highest BCUT2D eigenvalue weighted by molar-refractivity contribution is 8.01. The topological polar surface area (TPSA) is 96.0 Å². The van der Waals surface area contributed by atoms with Crippen LogP contribution in [-0.2, 0) is 9.59 Å². The van der Waals surface area contributed by atoms with Crippen LogP contribution >= 0.6 is 23.1 Å². The number of hydrogen-bond acceptors (Lipinski definition) is 7. The minimum absolute atomic E-state index is 0.0697. The van der Waals surface area contributed by atoms with E-state index in [0.717, 1.165) is 21.9 Å². The van der Waals surface area contributed by atoms with Crippen LogP contribution in [0.25, 0.3) is 0 Å². The Morgan fingerprint density at radius 1 is 1.15 bits per heavy atom. The fraction of sp³-hybridized carbons (Fsp3) is 0.444. The van der Waals surface area contributed by atoms with Gasteiger partial charge >= 0.3 is 0 Å². The fourth-order valence-corrected chi connectivity index (χ4v) is 3.87. The average molecular weight is 408 g/mol. The smallest absolute Gasteiger partial charge is 0.243 e. The van der Waals surface area contributed by atoms with Gasteiger partial charge in [-0.15, -0.1) is 10.2 Å². The van der Waals surface area contributed by atoms with Crippen LogP contribution in [-0.4, -0.2) is 39.8 Å². The van der Waals surface area contributed by atoms with Crippen molar-refractivity contribution in [1.29, 1.82) is 0 Å². The van der Waals surface area contributed by atoms with Crippen molar-refractivity contribution in [2.24, 2.45) is 0 Å². The van der Waals surface area contributed by atoms with Gasteiger partial charge in [0.1, 0.15) is 0 Å². The first kappa shape index (κ1) is 21.2. The van der Waals surface area contributed by atoms with E-state index >= 15 is 0 Å². The Morgan fingerprint density at radius 3 is 2.59 bits per heavy atom. The SMILES string of the molecule is Cc1cccc(NC(=O)CNC(=O)CSc2nnc(NC(C)(C)C)s2)c1C. The fourth-order valence-electron chi connectivity index (χ4n) is 2.08. The monoisotopic (exact) mass is 407 g/mol. The second kappa shape index (κ2) is 9.18. The molecule has 146 valence electrons. The molecule has 1 aromatic carbocycles. The Balaban J connectivity index is 1.74. The Bertz CT molecular complexity index is 814. The van der Waals surface area contributed by atoms with Crippen LogP contribution in [0, 0.1) is 13.8 Å². The molecule has 0 aliphatic heterocycles. The van der Waals surface area contributed by atoms with Crippen molar-refractivity contribution in [3.63, 3.8) is 0 Å². The van der Waals surface area contributed by atoms with Crippen molar-refractivity contribution in [2.45, 2.75) is 44.5 Å². The third-order valence-electron chi connectivity index (χ3n) is 3.54. The molecule has 1 heterocycles. The molecule has 0 unspecified atom stereocenters. The zero-order valence-corrected chi connectivity index (χ0v) is 17.8. The molecule has 0 spiro atoms. The lowest BCUT2D eigenvalue weighted by Crippen LogP contribution is -2.34. The number of aromatic nitrogens is 2. The van der Waals surface area contributed by atoms with Gasteiger partial charge in [0.05, 0.1) is 12.3 Å². The molecule has 0 fully saturated rings. The van der Waals surface area contributed by atoms with Crippen molar-refractivity contribution in [3.8, 4) is 0 Å². The molecule has 27 heavy (non-hydrogen) atoms. The normalized spacial score (nSPS) is 11.1. The van der Waals surface area contributed by atoms with E-state index in [1.807, 2.05) is 52.8 Å². The molecule has 0 atom stereocenters. The first-order valence-corrected chi connectivity index (χ1v) is 10.3. The van der Waals surface area contributed by atoms with Crippen molar-refractivity contribution >= 4 is 45.7 Å². The Morgan fingerprint density at radius 2 is 1.89 bits per heavy atom. The quantitative estimate of drug-likeness (QED) is 0.610. The second-order valence-electron chi connectivity index (χ2n) is 7.11. The van der Waals surface area contributed by atoms with Gasteiger partial charge in [-0.1, -0.05) is 35.2 Å². The Hall–Kier alpha value is -2.13. The molecule has 0 aliphatic rings. The molecule has 0 saturated heterocycles. The minimum Gasteiger partial charge on any atom is -0.355 e. The van der Waals surface area contributed by atoms with E-state index in [1.54, 1.807) is 0 Å². The Labute approximate surface area is 167 Å². The third-order valence-corrected chi connectivity index (χ3v) is 5.51. The highest BCUT2D eigenvalue weighted by Gasteiger charge is 2.14. The number of amides is 2. The van der Waals surface area contributed by atoms with Crippen LogP contribution in [0.5, 0.6) is 0 Å². The molecule has 0 saturated carbocycles. The lowest BCUT2D eigenvalue weighted by molar-refractivity contribution is -0.122. The molecule has 0 bridgehead atoms. The zero-order valence-electron chi connectivity index (χ0n) is 16.2. The summed E-state index contributed by atoms with van der Waals surface area (Å²) in [7, 11) is 0. The predicted octanol–water partition coefficient (Wildman–Crippen LogP) is 3.21. The van der Waals surface area contributed by atoms with E-state index in [2.05, 4.69) is 26.1 Å². The van der Waals surface area contributed by atoms with Gasteiger partial charge in [0.2, 0.25) is 16.9 Å². The summed E-state index contributed by atoms with van der Waals surface area (Å²) < 4.78 is 0.705. The molecular weight excluding hydrogens is 382 g/mol. The number of carbonyl (C=O) groups is 2. The predicted molar refractivity (Wildman–Crippen MR) is 112 cm³/mol. The summed E-state index contributed by atoms with van der Waals surface area (Å²) in [5.41, 5.74) is 2.78. The van der Waals surface area contributed by atoms with E-state index < -0.39 is 0 Å². The summed E-state index contributed by atoms with van der Waals surface area (Å²) in [6.45, 7) is 9.98. The van der Waals surface area contributed by atoms with Crippen LogP contribution in [0.2, 0.25) is 0 Å². The van der Waals surface area contributed by atoms with E-state index in [-0.39, 0.29) is 29.7 Å². The number of benzene rings is 1. The molecule has 2 aromatic rings. The van der Waals surface area contributed by atoms with Crippen LogP contribution in [0.4, 0.5) is 10.8 Å².